The molecule has 166 valence electrons. The van der Waals surface area contributed by atoms with E-state index in [0.717, 1.165) is 22.7 Å². The van der Waals surface area contributed by atoms with Gasteiger partial charge in [-0.2, -0.15) is 5.10 Å². The summed E-state index contributed by atoms with van der Waals surface area (Å²) in [6.45, 7) is 4.36. The summed E-state index contributed by atoms with van der Waals surface area (Å²) in [5.74, 6) is 0.841. The smallest absolute Gasteiger partial charge is 0.226 e. The van der Waals surface area contributed by atoms with Crippen LogP contribution in [0.3, 0.4) is 0 Å². The number of methoxy groups -OCH3 is 1. The normalized spacial score (nSPS) is 20.1. The summed E-state index contributed by atoms with van der Waals surface area (Å²) >= 11 is 0. The minimum Gasteiger partial charge on any atom is -0.496 e. The van der Waals surface area contributed by atoms with Gasteiger partial charge in [-0.1, -0.05) is 17.3 Å². The number of hydrogen-bond acceptors (Lipinski definition) is 6. The lowest BCUT2D eigenvalue weighted by Gasteiger charge is -2.37. The Kier molecular flexibility index (Phi) is 6.56. The molecule has 8 nitrogen and oxygen atoms in total. The number of hydrogen-bond donors (Lipinski definition) is 1. The second-order valence-corrected chi connectivity index (χ2v) is 8.22. The van der Waals surface area contributed by atoms with Crippen molar-refractivity contribution in [3.8, 4) is 5.75 Å². The monoisotopic (exact) mass is 426 g/mol. The molecule has 3 heterocycles. The Bertz CT molecular complexity index is 933. The zero-order valence-corrected chi connectivity index (χ0v) is 18.2. The molecule has 2 aliphatic heterocycles. The summed E-state index contributed by atoms with van der Waals surface area (Å²) < 4.78 is 12.9. The van der Waals surface area contributed by atoms with E-state index in [-0.39, 0.29) is 12.0 Å². The van der Waals surface area contributed by atoms with E-state index in [2.05, 4.69) is 15.6 Å². The van der Waals surface area contributed by atoms with Gasteiger partial charge in [0.2, 0.25) is 5.91 Å². The van der Waals surface area contributed by atoms with Crippen LogP contribution in [0.2, 0.25) is 0 Å². The molecule has 1 amide bonds. The van der Waals surface area contributed by atoms with Crippen LogP contribution in [0.5, 0.6) is 5.75 Å². The predicted molar refractivity (Wildman–Crippen MR) is 116 cm³/mol. The van der Waals surface area contributed by atoms with Crippen molar-refractivity contribution in [1.29, 1.82) is 0 Å². The molecule has 2 aliphatic rings. The van der Waals surface area contributed by atoms with E-state index in [0.29, 0.717) is 52.0 Å². The fourth-order valence-electron chi connectivity index (χ4n) is 4.40. The first-order valence-corrected chi connectivity index (χ1v) is 10.8. The molecule has 1 fully saturated rings. The summed E-state index contributed by atoms with van der Waals surface area (Å²) in [4.78, 5) is 19.0. The lowest BCUT2D eigenvalue weighted by atomic mass is 9.74. The lowest BCUT2D eigenvalue weighted by Crippen LogP contribution is -2.47. The van der Waals surface area contributed by atoms with Crippen molar-refractivity contribution < 1.29 is 19.1 Å². The van der Waals surface area contributed by atoms with Crippen molar-refractivity contribution in [1.82, 2.24) is 15.1 Å². The molecule has 4 rings (SSSR count). The maximum absolute atomic E-state index is 13.3. The van der Waals surface area contributed by atoms with E-state index in [4.69, 9.17) is 14.3 Å². The summed E-state index contributed by atoms with van der Waals surface area (Å²) in [6.07, 6.45) is 4.27. The second-order valence-electron chi connectivity index (χ2n) is 8.22. The molecule has 0 spiro atoms. The fourth-order valence-corrected chi connectivity index (χ4v) is 4.40. The number of amides is 1. The Morgan fingerprint density at radius 3 is 2.84 bits per heavy atom. The minimum absolute atomic E-state index is 0.0648. The number of nitrogens with zero attached hydrogens (tertiary/aromatic N) is 3. The molecule has 0 radical (unpaired) electrons. The van der Waals surface area contributed by atoms with Crippen LogP contribution in [0.25, 0.3) is 0 Å². The first kappa shape index (κ1) is 21.4. The molecule has 1 saturated heterocycles. The van der Waals surface area contributed by atoms with Crippen LogP contribution < -0.4 is 10.1 Å². The Morgan fingerprint density at radius 1 is 1.29 bits per heavy atom. The van der Waals surface area contributed by atoms with Crippen LogP contribution in [0.15, 0.2) is 41.7 Å². The maximum Gasteiger partial charge on any atom is 0.226 e. The summed E-state index contributed by atoms with van der Waals surface area (Å²) in [5, 5.41) is 11.7. The van der Waals surface area contributed by atoms with Crippen molar-refractivity contribution in [3.05, 3.63) is 47.8 Å². The molecular formula is C23H30N4O4. The third-order valence-electron chi connectivity index (χ3n) is 6.24. The third-order valence-corrected chi connectivity index (χ3v) is 6.24. The van der Waals surface area contributed by atoms with Crippen LogP contribution in [-0.4, -0.2) is 54.4 Å². The molecular weight excluding hydrogens is 396 g/mol. The van der Waals surface area contributed by atoms with Gasteiger partial charge in [0.15, 0.2) is 0 Å². The van der Waals surface area contributed by atoms with Gasteiger partial charge >= 0.3 is 0 Å². The second kappa shape index (κ2) is 9.51. The van der Waals surface area contributed by atoms with Gasteiger partial charge in [-0.15, -0.1) is 0 Å². The molecule has 0 bridgehead atoms. The largest absolute Gasteiger partial charge is 0.496 e. The quantitative estimate of drug-likeness (QED) is 0.701. The van der Waals surface area contributed by atoms with Crippen molar-refractivity contribution in [3.63, 3.8) is 0 Å². The van der Waals surface area contributed by atoms with Crippen LogP contribution >= 0.6 is 0 Å². The topological polar surface area (TPSA) is 87.0 Å². The first-order chi connectivity index (χ1) is 15.1. The van der Waals surface area contributed by atoms with E-state index >= 15 is 0 Å². The number of nitrogens with one attached hydrogen (secondary N) is 1. The highest BCUT2D eigenvalue weighted by Crippen LogP contribution is 2.39. The van der Waals surface area contributed by atoms with Crippen LogP contribution in [0.1, 0.15) is 36.9 Å². The number of benzene rings is 1. The number of rotatable bonds is 8. The van der Waals surface area contributed by atoms with Gasteiger partial charge < -0.3 is 19.6 Å². The molecule has 0 aliphatic carbocycles. The van der Waals surface area contributed by atoms with Crippen molar-refractivity contribution in [2.75, 3.05) is 26.9 Å². The minimum atomic E-state index is -0.506. The number of para-hydroxylation sites is 1. The number of aromatic nitrogens is 2. The molecule has 1 unspecified atom stereocenters. The van der Waals surface area contributed by atoms with Crippen LogP contribution in [0.4, 0.5) is 0 Å². The van der Waals surface area contributed by atoms with Gasteiger partial charge in [0.05, 0.1) is 24.8 Å². The summed E-state index contributed by atoms with van der Waals surface area (Å²) in [6, 6.07) is 9.75. The van der Waals surface area contributed by atoms with E-state index in [1.54, 1.807) is 13.3 Å². The van der Waals surface area contributed by atoms with Gasteiger partial charge in [-0.25, -0.2) is 0 Å². The molecule has 0 saturated carbocycles. The SMILES string of the molecule is COc1ccccc1C1=NOC(CC2(C(=O)NCCn3nccc3C)CCOCC2)C1. The zero-order chi connectivity index (χ0) is 21.7. The average molecular weight is 427 g/mol. The van der Waals surface area contributed by atoms with Gasteiger partial charge in [0, 0.05) is 50.1 Å². The highest BCUT2D eigenvalue weighted by atomic mass is 16.6. The third kappa shape index (κ3) is 4.74. The van der Waals surface area contributed by atoms with Crippen LogP contribution in [0, 0.1) is 12.3 Å². The molecule has 31 heavy (non-hydrogen) atoms. The number of carbonyl (C=O) groups is 1. The molecule has 1 aromatic carbocycles. The van der Waals surface area contributed by atoms with Gasteiger partial charge in [0.1, 0.15) is 11.9 Å². The van der Waals surface area contributed by atoms with E-state index in [1.165, 1.54) is 0 Å². The molecule has 1 N–H and O–H groups in total. The highest BCUT2D eigenvalue weighted by Gasteiger charge is 2.43. The summed E-state index contributed by atoms with van der Waals surface area (Å²) in [5.41, 5.74) is 2.37. The lowest BCUT2D eigenvalue weighted by molar-refractivity contribution is -0.140. The van der Waals surface area contributed by atoms with E-state index < -0.39 is 5.41 Å². The standard InChI is InChI=1S/C23H30N4O4/c1-17-7-10-25-27(17)12-11-24-22(28)23(8-13-30-14-9-23)16-18-15-20(26-31-18)19-5-3-4-6-21(19)29-2/h3-7,10,18H,8-9,11-16H2,1-2H3,(H,24,28). The van der Waals surface area contributed by atoms with Gasteiger partial charge in [-0.3, -0.25) is 9.48 Å². The molecule has 8 heteroatoms. The Balaban J connectivity index is 1.39. The molecule has 1 aromatic heterocycles. The molecule has 1 atom stereocenters. The number of aryl methyl sites for hydroxylation is 1. The van der Waals surface area contributed by atoms with Gasteiger partial charge in [0.25, 0.3) is 0 Å². The van der Waals surface area contributed by atoms with Crippen molar-refractivity contribution in [2.45, 2.75) is 45.3 Å². The Morgan fingerprint density at radius 2 is 2.10 bits per heavy atom. The number of carbonyl (C=O) groups excluding carboxylic acids is 1. The van der Waals surface area contributed by atoms with Crippen molar-refractivity contribution >= 4 is 11.6 Å². The molecule has 2 aromatic rings. The maximum atomic E-state index is 13.3. The zero-order valence-electron chi connectivity index (χ0n) is 18.2. The fraction of sp³-hybridized carbons (Fsp3) is 0.522. The summed E-state index contributed by atoms with van der Waals surface area (Å²) in [7, 11) is 1.65. The van der Waals surface area contributed by atoms with E-state index in [9.17, 15) is 4.79 Å². The average Bonchev–Trinajstić information content (AvgIpc) is 3.43. The predicted octanol–water partition coefficient (Wildman–Crippen LogP) is 2.70. The Hall–Kier alpha value is -2.87. The van der Waals surface area contributed by atoms with Crippen molar-refractivity contribution in [2.24, 2.45) is 10.6 Å². The van der Waals surface area contributed by atoms with Crippen LogP contribution in [-0.2, 0) is 20.9 Å². The number of oxime groups is 1. The number of ether oxygens (including phenoxy) is 2. The first-order valence-electron chi connectivity index (χ1n) is 10.8. The van der Waals surface area contributed by atoms with Gasteiger partial charge in [-0.05, 0) is 38.0 Å². The Labute approximate surface area is 182 Å². The van der Waals surface area contributed by atoms with E-state index in [1.807, 2.05) is 41.9 Å². The highest BCUT2D eigenvalue weighted by molar-refractivity contribution is 6.03.